The van der Waals surface area contributed by atoms with Gasteiger partial charge in [0.1, 0.15) is 0 Å². The quantitative estimate of drug-likeness (QED) is 0.796. The van der Waals surface area contributed by atoms with Crippen LogP contribution in [0.4, 0.5) is 0 Å². The standard InChI is InChI=1S/C14H21NO2/c1-10-8-11(2)13(12(3)9-10)14(16)15-6-5-7-17-4/h8-9H,5-7H2,1-4H3,(H,15,16). The normalized spacial score (nSPS) is 10.4. The lowest BCUT2D eigenvalue weighted by Crippen LogP contribution is -2.26. The molecule has 0 spiro atoms. The van der Waals surface area contributed by atoms with Crippen molar-refractivity contribution < 1.29 is 9.53 Å². The second-order valence-corrected chi connectivity index (χ2v) is 4.38. The number of rotatable bonds is 5. The van der Waals surface area contributed by atoms with E-state index in [0.717, 1.165) is 23.1 Å². The van der Waals surface area contributed by atoms with Gasteiger partial charge in [-0.1, -0.05) is 17.7 Å². The average molecular weight is 235 g/mol. The molecule has 0 radical (unpaired) electrons. The molecule has 3 heteroatoms. The maximum atomic E-state index is 12.0. The van der Waals surface area contributed by atoms with Crippen molar-refractivity contribution in [3.63, 3.8) is 0 Å². The molecule has 0 atom stereocenters. The first kappa shape index (κ1) is 13.7. The van der Waals surface area contributed by atoms with E-state index >= 15 is 0 Å². The molecular weight excluding hydrogens is 214 g/mol. The number of nitrogens with one attached hydrogen (secondary N) is 1. The zero-order valence-corrected chi connectivity index (χ0v) is 11.1. The molecule has 0 aliphatic carbocycles. The van der Waals surface area contributed by atoms with Crippen molar-refractivity contribution in [1.82, 2.24) is 5.32 Å². The number of hydrogen-bond donors (Lipinski definition) is 1. The molecule has 1 amide bonds. The largest absolute Gasteiger partial charge is 0.385 e. The Morgan fingerprint density at radius 2 is 1.82 bits per heavy atom. The smallest absolute Gasteiger partial charge is 0.251 e. The summed E-state index contributed by atoms with van der Waals surface area (Å²) in [6, 6.07) is 4.08. The van der Waals surface area contributed by atoms with E-state index in [1.807, 2.05) is 32.9 Å². The number of benzene rings is 1. The Bertz CT molecular complexity index is 376. The van der Waals surface area contributed by atoms with Crippen LogP contribution in [0.15, 0.2) is 12.1 Å². The Morgan fingerprint density at radius 1 is 1.24 bits per heavy atom. The summed E-state index contributed by atoms with van der Waals surface area (Å²) < 4.78 is 4.94. The molecule has 94 valence electrons. The number of hydrogen-bond acceptors (Lipinski definition) is 2. The third-order valence-corrected chi connectivity index (χ3v) is 2.71. The molecule has 3 nitrogen and oxygen atoms in total. The van der Waals surface area contributed by atoms with Gasteiger partial charge in [-0.3, -0.25) is 4.79 Å². The van der Waals surface area contributed by atoms with Crippen LogP contribution in [0.1, 0.15) is 33.5 Å². The fourth-order valence-corrected chi connectivity index (χ4v) is 2.04. The Hall–Kier alpha value is -1.35. The summed E-state index contributed by atoms with van der Waals surface area (Å²) in [5, 5.41) is 2.92. The molecule has 0 heterocycles. The Morgan fingerprint density at radius 3 is 2.35 bits per heavy atom. The molecule has 0 unspecified atom stereocenters. The predicted octanol–water partition coefficient (Wildman–Crippen LogP) is 2.38. The molecule has 0 aliphatic heterocycles. The molecule has 17 heavy (non-hydrogen) atoms. The highest BCUT2D eigenvalue weighted by atomic mass is 16.5. The molecule has 1 aromatic rings. The minimum absolute atomic E-state index is 0.0103. The van der Waals surface area contributed by atoms with E-state index in [9.17, 15) is 4.79 Å². The van der Waals surface area contributed by atoms with Gasteiger partial charge in [0, 0.05) is 25.8 Å². The van der Waals surface area contributed by atoms with Gasteiger partial charge in [-0.15, -0.1) is 0 Å². The van der Waals surface area contributed by atoms with Crippen molar-refractivity contribution in [1.29, 1.82) is 0 Å². The lowest BCUT2D eigenvalue weighted by Gasteiger charge is -2.11. The Labute approximate surface area is 103 Å². The SMILES string of the molecule is COCCCNC(=O)c1c(C)cc(C)cc1C. The molecule has 0 aliphatic rings. The molecule has 0 bridgehead atoms. The number of amides is 1. The van der Waals surface area contributed by atoms with E-state index in [-0.39, 0.29) is 5.91 Å². The second-order valence-electron chi connectivity index (χ2n) is 4.38. The number of aryl methyl sites for hydroxylation is 3. The first-order valence-electron chi connectivity index (χ1n) is 5.91. The summed E-state index contributed by atoms with van der Waals surface area (Å²) in [6.45, 7) is 7.32. The summed E-state index contributed by atoms with van der Waals surface area (Å²) in [7, 11) is 1.66. The van der Waals surface area contributed by atoms with E-state index in [1.165, 1.54) is 5.56 Å². The molecule has 1 rings (SSSR count). The lowest BCUT2D eigenvalue weighted by atomic mass is 9.99. The van der Waals surface area contributed by atoms with Gasteiger partial charge in [-0.2, -0.15) is 0 Å². The minimum atomic E-state index is 0.0103. The molecule has 0 saturated heterocycles. The van der Waals surface area contributed by atoms with Gasteiger partial charge in [-0.05, 0) is 38.3 Å². The fourth-order valence-electron chi connectivity index (χ4n) is 2.04. The zero-order chi connectivity index (χ0) is 12.8. The Balaban J connectivity index is 2.69. The zero-order valence-electron chi connectivity index (χ0n) is 11.1. The topological polar surface area (TPSA) is 38.3 Å². The third-order valence-electron chi connectivity index (χ3n) is 2.71. The van der Waals surface area contributed by atoms with Crippen LogP contribution >= 0.6 is 0 Å². The van der Waals surface area contributed by atoms with Gasteiger partial charge in [-0.25, -0.2) is 0 Å². The van der Waals surface area contributed by atoms with Gasteiger partial charge in [0.15, 0.2) is 0 Å². The van der Waals surface area contributed by atoms with E-state index in [4.69, 9.17) is 4.74 Å². The fraction of sp³-hybridized carbons (Fsp3) is 0.500. The number of methoxy groups -OCH3 is 1. The van der Waals surface area contributed by atoms with Crippen molar-refractivity contribution >= 4 is 5.91 Å². The van der Waals surface area contributed by atoms with Crippen LogP contribution in [0.2, 0.25) is 0 Å². The van der Waals surface area contributed by atoms with Crippen LogP contribution in [0.25, 0.3) is 0 Å². The first-order chi connectivity index (χ1) is 8.06. The van der Waals surface area contributed by atoms with Crippen molar-refractivity contribution in [2.45, 2.75) is 27.2 Å². The highest BCUT2D eigenvalue weighted by Crippen LogP contribution is 2.16. The highest BCUT2D eigenvalue weighted by Gasteiger charge is 2.11. The van der Waals surface area contributed by atoms with Gasteiger partial charge in [0.05, 0.1) is 0 Å². The van der Waals surface area contributed by atoms with Gasteiger partial charge in [0.2, 0.25) is 0 Å². The van der Waals surface area contributed by atoms with Crippen LogP contribution in [0.3, 0.4) is 0 Å². The molecule has 0 saturated carbocycles. The van der Waals surface area contributed by atoms with E-state index in [2.05, 4.69) is 5.32 Å². The molecule has 0 aromatic heterocycles. The molecule has 1 N–H and O–H groups in total. The maximum Gasteiger partial charge on any atom is 0.251 e. The maximum absolute atomic E-state index is 12.0. The number of carbonyl (C=O) groups is 1. The lowest BCUT2D eigenvalue weighted by molar-refractivity contribution is 0.0947. The summed E-state index contributed by atoms with van der Waals surface area (Å²) in [5.74, 6) is 0.0103. The molecule has 0 fully saturated rings. The highest BCUT2D eigenvalue weighted by molar-refractivity contribution is 5.97. The van der Waals surface area contributed by atoms with Crippen molar-refractivity contribution in [3.05, 3.63) is 34.4 Å². The second kappa shape index (κ2) is 6.40. The van der Waals surface area contributed by atoms with Crippen molar-refractivity contribution in [2.24, 2.45) is 0 Å². The van der Waals surface area contributed by atoms with E-state index < -0.39 is 0 Å². The van der Waals surface area contributed by atoms with Crippen LogP contribution in [0, 0.1) is 20.8 Å². The van der Waals surface area contributed by atoms with Gasteiger partial charge in [0.25, 0.3) is 5.91 Å². The van der Waals surface area contributed by atoms with E-state index in [0.29, 0.717) is 13.2 Å². The summed E-state index contributed by atoms with van der Waals surface area (Å²) in [4.78, 5) is 12.0. The van der Waals surface area contributed by atoms with Crippen LogP contribution < -0.4 is 5.32 Å². The van der Waals surface area contributed by atoms with Crippen LogP contribution in [-0.2, 0) is 4.74 Å². The number of carbonyl (C=O) groups excluding carboxylic acids is 1. The molecular formula is C14H21NO2. The number of ether oxygens (including phenoxy) is 1. The predicted molar refractivity (Wildman–Crippen MR) is 69.5 cm³/mol. The van der Waals surface area contributed by atoms with Crippen LogP contribution in [0.5, 0.6) is 0 Å². The van der Waals surface area contributed by atoms with Crippen molar-refractivity contribution in [2.75, 3.05) is 20.3 Å². The van der Waals surface area contributed by atoms with Crippen molar-refractivity contribution in [3.8, 4) is 0 Å². The average Bonchev–Trinajstić information content (AvgIpc) is 2.23. The summed E-state index contributed by atoms with van der Waals surface area (Å²) >= 11 is 0. The monoisotopic (exact) mass is 235 g/mol. The van der Waals surface area contributed by atoms with Gasteiger partial charge < -0.3 is 10.1 Å². The Kier molecular flexibility index (Phi) is 5.16. The van der Waals surface area contributed by atoms with Gasteiger partial charge >= 0.3 is 0 Å². The van der Waals surface area contributed by atoms with E-state index in [1.54, 1.807) is 7.11 Å². The third kappa shape index (κ3) is 3.86. The first-order valence-corrected chi connectivity index (χ1v) is 5.91. The van der Waals surface area contributed by atoms with Crippen LogP contribution in [-0.4, -0.2) is 26.2 Å². The molecule has 1 aromatic carbocycles. The summed E-state index contributed by atoms with van der Waals surface area (Å²) in [6.07, 6.45) is 0.839. The minimum Gasteiger partial charge on any atom is -0.385 e. The summed E-state index contributed by atoms with van der Waals surface area (Å²) in [5.41, 5.74) is 4.06.